The van der Waals surface area contributed by atoms with Crippen molar-refractivity contribution in [2.75, 3.05) is 0 Å². The van der Waals surface area contributed by atoms with E-state index in [9.17, 15) is 9.90 Å². The van der Waals surface area contributed by atoms with Gasteiger partial charge in [-0.05, 0) is 60.9 Å². The van der Waals surface area contributed by atoms with Crippen molar-refractivity contribution >= 4 is 17.6 Å². The molecule has 0 radical (unpaired) electrons. The smallest absolute Gasteiger partial charge is 0.354 e. The summed E-state index contributed by atoms with van der Waals surface area (Å²) in [6, 6.07) is 5.37. The molecule has 2 heterocycles. The van der Waals surface area contributed by atoms with Crippen LogP contribution in [0.5, 0.6) is 0 Å². The molecule has 1 aliphatic rings. The Bertz CT molecular complexity index is 683. The Hall–Kier alpha value is -1.94. The van der Waals surface area contributed by atoms with Crippen LogP contribution in [0.4, 0.5) is 0 Å². The topological polar surface area (TPSA) is 63.1 Å². The van der Waals surface area contributed by atoms with Crippen LogP contribution in [0.2, 0.25) is 5.15 Å². The zero-order chi connectivity index (χ0) is 14.8. The van der Waals surface area contributed by atoms with Crippen LogP contribution in [-0.2, 0) is 19.3 Å². The third-order valence-corrected chi connectivity index (χ3v) is 4.02. The summed E-state index contributed by atoms with van der Waals surface area (Å²) in [4.78, 5) is 19.6. The average Bonchev–Trinajstić information content (AvgIpc) is 2.49. The first-order valence-electron chi connectivity index (χ1n) is 6.99. The fraction of sp³-hybridized carbons (Fsp3) is 0.312. The number of carboxylic acid groups (broad SMARTS) is 1. The number of rotatable bonds is 3. The zero-order valence-electron chi connectivity index (χ0n) is 11.5. The molecular formula is C16H15ClN2O2. The second-order valence-corrected chi connectivity index (χ2v) is 5.66. The number of halogens is 1. The molecule has 2 aromatic heterocycles. The van der Waals surface area contributed by atoms with Gasteiger partial charge in [0, 0.05) is 11.9 Å². The molecule has 0 aromatic carbocycles. The van der Waals surface area contributed by atoms with E-state index in [1.54, 1.807) is 18.3 Å². The van der Waals surface area contributed by atoms with E-state index in [0.29, 0.717) is 11.6 Å². The Morgan fingerprint density at radius 1 is 1.29 bits per heavy atom. The van der Waals surface area contributed by atoms with E-state index >= 15 is 0 Å². The van der Waals surface area contributed by atoms with E-state index < -0.39 is 5.97 Å². The minimum atomic E-state index is -0.973. The summed E-state index contributed by atoms with van der Waals surface area (Å²) in [6.45, 7) is 0. The van der Waals surface area contributed by atoms with Crippen LogP contribution < -0.4 is 0 Å². The van der Waals surface area contributed by atoms with Gasteiger partial charge in [-0.3, -0.25) is 0 Å². The van der Waals surface area contributed by atoms with Gasteiger partial charge in [0.1, 0.15) is 10.8 Å². The molecule has 0 fully saturated rings. The Morgan fingerprint density at radius 2 is 2.10 bits per heavy atom. The number of aromatic carboxylic acids is 1. The first-order chi connectivity index (χ1) is 10.1. The molecule has 4 nitrogen and oxygen atoms in total. The fourth-order valence-corrected chi connectivity index (χ4v) is 2.90. The lowest BCUT2D eigenvalue weighted by Gasteiger charge is -2.19. The first kappa shape index (κ1) is 14.0. The lowest BCUT2D eigenvalue weighted by molar-refractivity contribution is 0.0690. The molecule has 0 amide bonds. The molecule has 0 saturated carbocycles. The van der Waals surface area contributed by atoms with Gasteiger partial charge in [-0.15, -0.1) is 0 Å². The van der Waals surface area contributed by atoms with Crippen molar-refractivity contribution in [1.29, 1.82) is 0 Å². The lowest BCUT2D eigenvalue weighted by atomic mass is 9.89. The summed E-state index contributed by atoms with van der Waals surface area (Å²) >= 11 is 5.80. The molecule has 0 atom stereocenters. The van der Waals surface area contributed by atoms with Crippen molar-refractivity contribution in [2.24, 2.45) is 0 Å². The molecular weight excluding hydrogens is 288 g/mol. The largest absolute Gasteiger partial charge is 0.477 e. The molecule has 5 heteroatoms. The van der Waals surface area contributed by atoms with Gasteiger partial charge < -0.3 is 5.11 Å². The molecule has 1 N–H and O–H groups in total. The van der Waals surface area contributed by atoms with Gasteiger partial charge in [0.25, 0.3) is 0 Å². The third-order valence-electron chi connectivity index (χ3n) is 3.80. The van der Waals surface area contributed by atoms with Crippen LogP contribution in [0.1, 0.15) is 45.7 Å². The van der Waals surface area contributed by atoms with Gasteiger partial charge in [-0.2, -0.15) is 0 Å². The lowest BCUT2D eigenvalue weighted by Crippen LogP contribution is -2.13. The molecule has 3 rings (SSSR count). The standard InChI is InChI=1S/C16H15ClN2O2/c17-15-6-5-10(9-18-15)7-11-8-14(16(20)21)19-13-4-2-1-3-12(11)13/h5-6,8-9H,1-4,7H2,(H,20,21). The number of fused-ring (bicyclic) bond motifs is 1. The van der Waals surface area contributed by atoms with E-state index in [2.05, 4.69) is 9.97 Å². The number of nitrogens with zero attached hydrogens (tertiary/aromatic N) is 2. The van der Waals surface area contributed by atoms with Crippen molar-refractivity contribution < 1.29 is 9.90 Å². The SMILES string of the molecule is O=C(O)c1cc(Cc2ccc(Cl)nc2)c2c(n1)CCCC2. The van der Waals surface area contributed by atoms with E-state index in [0.717, 1.165) is 42.5 Å². The molecule has 108 valence electrons. The minimum absolute atomic E-state index is 0.132. The maximum atomic E-state index is 11.2. The molecule has 0 unspecified atom stereocenters. The molecule has 2 aromatic rings. The zero-order valence-corrected chi connectivity index (χ0v) is 12.2. The molecule has 0 bridgehead atoms. The van der Waals surface area contributed by atoms with Crippen LogP contribution in [-0.4, -0.2) is 21.0 Å². The van der Waals surface area contributed by atoms with Gasteiger partial charge in [0.15, 0.2) is 0 Å². The summed E-state index contributed by atoms with van der Waals surface area (Å²) in [5.74, 6) is -0.973. The van der Waals surface area contributed by atoms with Crippen molar-refractivity contribution in [3.05, 3.63) is 57.6 Å². The summed E-state index contributed by atoms with van der Waals surface area (Å²) in [6.07, 6.45) is 6.44. The van der Waals surface area contributed by atoms with Gasteiger partial charge in [-0.1, -0.05) is 17.7 Å². The Labute approximate surface area is 127 Å². The second kappa shape index (κ2) is 5.82. The quantitative estimate of drug-likeness (QED) is 0.884. The Balaban J connectivity index is 2.01. The van der Waals surface area contributed by atoms with E-state index in [1.165, 1.54) is 5.56 Å². The summed E-state index contributed by atoms with van der Waals surface area (Å²) in [7, 11) is 0. The van der Waals surface area contributed by atoms with E-state index in [4.69, 9.17) is 11.6 Å². The molecule has 21 heavy (non-hydrogen) atoms. The van der Waals surface area contributed by atoms with Gasteiger partial charge in [0.2, 0.25) is 0 Å². The van der Waals surface area contributed by atoms with Gasteiger partial charge in [-0.25, -0.2) is 14.8 Å². The Morgan fingerprint density at radius 3 is 2.81 bits per heavy atom. The summed E-state index contributed by atoms with van der Waals surface area (Å²) in [5, 5.41) is 9.68. The predicted octanol–water partition coefficient (Wildman–Crippen LogP) is 3.30. The first-order valence-corrected chi connectivity index (χ1v) is 7.36. The van der Waals surface area contributed by atoms with Crippen molar-refractivity contribution in [2.45, 2.75) is 32.1 Å². The molecule has 0 spiro atoms. The molecule has 1 aliphatic carbocycles. The van der Waals surface area contributed by atoms with Crippen LogP contribution in [0.3, 0.4) is 0 Å². The number of pyridine rings is 2. The van der Waals surface area contributed by atoms with Crippen LogP contribution in [0, 0.1) is 0 Å². The average molecular weight is 303 g/mol. The predicted molar refractivity (Wildman–Crippen MR) is 79.9 cm³/mol. The van der Waals surface area contributed by atoms with Crippen molar-refractivity contribution in [3.63, 3.8) is 0 Å². The minimum Gasteiger partial charge on any atom is -0.477 e. The monoisotopic (exact) mass is 302 g/mol. The number of hydrogen-bond acceptors (Lipinski definition) is 3. The van der Waals surface area contributed by atoms with Gasteiger partial charge in [0.05, 0.1) is 0 Å². The maximum absolute atomic E-state index is 11.2. The third kappa shape index (κ3) is 3.05. The van der Waals surface area contributed by atoms with Crippen LogP contribution in [0.15, 0.2) is 24.4 Å². The number of carboxylic acids is 1. The van der Waals surface area contributed by atoms with Crippen LogP contribution >= 0.6 is 11.6 Å². The number of aryl methyl sites for hydroxylation is 1. The highest BCUT2D eigenvalue weighted by molar-refractivity contribution is 6.29. The molecule has 0 aliphatic heterocycles. The maximum Gasteiger partial charge on any atom is 0.354 e. The van der Waals surface area contributed by atoms with Crippen LogP contribution in [0.25, 0.3) is 0 Å². The molecule has 0 saturated heterocycles. The van der Waals surface area contributed by atoms with E-state index in [-0.39, 0.29) is 5.69 Å². The number of carbonyl (C=O) groups is 1. The number of hydrogen-bond donors (Lipinski definition) is 1. The normalized spacial score (nSPS) is 13.8. The van der Waals surface area contributed by atoms with Gasteiger partial charge >= 0.3 is 5.97 Å². The van der Waals surface area contributed by atoms with Crippen molar-refractivity contribution in [3.8, 4) is 0 Å². The highest BCUT2D eigenvalue weighted by Crippen LogP contribution is 2.26. The second-order valence-electron chi connectivity index (χ2n) is 5.27. The van der Waals surface area contributed by atoms with E-state index in [1.807, 2.05) is 6.07 Å². The fourth-order valence-electron chi connectivity index (χ4n) is 2.79. The highest BCUT2D eigenvalue weighted by Gasteiger charge is 2.18. The Kier molecular flexibility index (Phi) is 3.88. The highest BCUT2D eigenvalue weighted by atomic mass is 35.5. The van der Waals surface area contributed by atoms with Crippen molar-refractivity contribution in [1.82, 2.24) is 9.97 Å². The number of aromatic nitrogens is 2. The summed E-state index contributed by atoms with van der Waals surface area (Å²) < 4.78 is 0. The summed E-state index contributed by atoms with van der Waals surface area (Å²) in [5.41, 5.74) is 4.35.